The largest absolute Gasteiger partial charge is 0.354 e. The first-order valence-electron chi connectivity index (χ1n) is 9.05. The highest BCUT2D eigenvalue weighted by Gasteiger charge is 2.41. The molecule has 3 heteroatoms. The van der Waals surface area contributed by atoms with E-state index in [1.807, 2.05) is 0 Å². The quantitative estimate of drug-likeness (QED) is 0.753. The number of carbonyl (C=O) groups excluding carboxylic acids is 1. The molecule has 1 heterocycles. The van der Waals surface area contributed by atoms with Crippen molar-refractivity contribution in [2.24, 2.45) is 11.3 Å². The summed E-state index contributed by atoms with van der Waals surface area (Å²) in [5.41, 5.74) is 0.0994. The lowest BCUT2D eigenvalue weighted by Gasteiger charge is -2.34. The molecular formula is C18H34N2O. The SMILES string of the molecule is CCCC1(C(=O)NCC2(CC(C)C)CCCC2)CCCN1. The predicted octanol–water partition coefficient (Wildman–Crippen LogP) is 3.63. The Hall–Kier alpha value is -0.570. The molecule has 2 fully saturated rings. The van der Waals surface area contributed by atoms with Crippen LogP contribution in [0.25, 0.3) is 0 Å². The fourth-order valence-corrected chi connectivity index (χ4v) is 4.63. The molecule has 0 spiro atoms. The van der Waals surface area contributed by atoms with Gasteiger partial charge in [0, 0.05) is 6.54 Å². The van der Waals surface area contributed by atoms with E-state index in [0.29, 0.717) is 11.3 Å². The normalized spacial score (nSPS) is 28.2. The number of carbonyl (C=O) groups is 1. The zero-order chi connectivity index (χ0) is 15.3. The van der Waals surface area contributed by atoms with E-state index < -0.39 is 0 Å². The van der Waals surface area contributed by atoms with Crippen LogP contribution in [-0.2, 0) is 4.79 Å². The van der Waals surface area contributed by atoms with Crippen LogP contribution in [-0.4, -0.2) is 24.5 Å². The Kier molecular flexibility index (Phi) is 5.70. The van der Waals surface area contributed by atoms with Gasteiger partial charge in [-0.15, -0.1) is 0 Å². The van der Waals surface area contributed by atoms with E-state index >= 15 is 0 Å². The first-order valence-corrected chi connectivity index (χ1v) is 9.05. The minimum absolute atomic E-state index is 0.261. The van der Waals surface area contributed by atoms with Crippen molar-refractivity contribution in [2.75, 3.05) is 13.1 Å². The molecule has 0 radical (unpaired) electrons. The fraction of sp³-hybridized carbons (Fsp3) is 0.944. The second-order valence-electron chi connectivity index (χ2n) is 7.85. The van der Waals surface area contributed by atoms with Crippen molar-refractivity contribution in [2.45, 2.75) is 84.1 Å². The first-order chi connectivity index (χ1) is 10.0. The molecular weight excluding hydrogens is 260 g/mol. The van der Waals surface area contributed by atoms with Crippen LogP contribution >= 0.6 is 0 Å². The summed E-state index contributed by atoms with van der Waals surface area (Å²) in [5.74, 6) is 0.978. The van der Waals surface area contributed by atoms with Gasteiger partial charge < -0.3 is 10.6 Å². The fourth-order valence-electron chi connectivity index (χ4n) is 4.63. The topological polar surface area (TPSA) is 41.1 Å². The second kappa shape index (κ2) is 7.13. The Bertz CT molecular complexity index is 339. The molecule has 2 rings (SSSR count). The van der Waals surface area contributed by atoms with Crippen LogP contribution in [0.1, 0.15) is 78.6 Å². The molecule has 0 aromatic heterocycles. The standard InChI is InChI=1S/C18H34N2O/c1-4-8-18(11-7-12-20-18)16(21)19-14-17(13-15(2)3)9-5-6-10-17/h15,20H,4-14H2,1-3H3,(H,19,21). The average Bonchev–Trinajstić information content (AvgIpc) is 3.07. The average molecular weight is 294 g/mol. The third-order valence-electron chi connectivity index (χ3n) is 5.48. The van der Waals surface area contributed by atoms with Crippen molar-refractivity contribution >= 4 is 5.91 Å². The second-order valence-corrected chi connectivity index (χ2v) is 7.85. The summed E-state index contributed by atoms with van der Waals surface area (Å²) in [4.78, 5) is 12.8. The van der Waals surface area contributed by atoms with Crippen molar-refractivity contribution in [1.82, 2.24) is 10.6 Å². The zero-order valence-corrected chi connectivity index (χ0v) is 14.3. The van der Waals surface area contributed by atoms with Crippen LogP contribution in [0.15, 0.2) is 0 Å². The minimum atomic E-state index is -0.271. The highest BCUT2D eigenvalue weighted by Crippen LogP contribution is 2.42. The molecule has 1 atom stereocenters. The molecule has 1 unspecified atom stereocenters. The number of hydrogen-bond acceptors (Lipinski definition) is 2. The molecule has 0 aromatic rings. The van der Waals surface area contributed by atoms with Crippen molar-refractivity contribution in [3.63, 3.8) is 0 Å². The Balaban J connectivity index is 1.95. The van der Waals surface area contributed by atoms with Gasteiger partial charge in [0.1, 0.15) is 0 Å². The van der Waals surface area contributed by atoms with E-state index in [2.05, 4.69) is 31.4 Å². The van der Waals surface area contributed by atoms with E-state index in [0.717, 1.165) is 38.8 Å². The highest BCUT2D eigenvalue weighted by atomic mass is 16.2. The summed E-state index contributed by atoms with van der Waals surface area (Å²) in [5, 5.41) is 6.82. The van der Waals surface area contributed by atoms with Crippen LogP contribution in [0.2, 0.25) is 0 Å². The van der Waals surface area contributed by atoms with E-state index in [1.54, 1.807) is 0 Å². The predicted molar refractivity (Wildman–Crippen MR) is 88.2 cm³/mol. The van der Waals surface area contributed by atoms with Crippen LogP contribution in [0.3, 0.4) is 0 Å². The maximum Gasteiger partial charge on any atom is 0.240 e. The molecule has 0 bridgehead atoms. The van der Waals surface area contributed by atoms with Crippen LogP contribution in [0, 0.1) is 11.3 Å². The molecule has 21 heavy (non-hydrogen) atoms. The summed E-state index contributed by atoms with van der Waals surface area (Å²) in [7, 11) is 0. The van der Waals surface area contributed by atoms with Crippen LogP contribution in [0.5, 0.6) is 0 Å². The van der Waals surface area contributed by atoms with E-state index in [4.69, 9.17) is 0 Å². The Morgan fingerprint density at radius 1 is 1.19 bits per heavy atom. The molecule has 1 saturated heterocycles. The Morgan fingerprint density at radius 2 is 1.90 bits per heavy atom. The lowest BCUT2D eigenvalue weighted by molar-refractivity contribution is -0.128. The van der Waals surface area contributed by atoms with Gasteiger partial charge in [0.05, 0.1) is 5.54 Å². The van der Waals surface area contributed by atoms with Crippen molar-refractivity contribution in [1.29, 1.82) is 0 Å². The summed E-state index contributed by atoms with van der Waals surface area (Å²) in [6.45, 7) is 8.66. The van der Waals surface area contributed by atoms with Gasteiger partial charge in [0.2, 0.25) is 5.91 Å². The summed E-state index contributed by atoms with van der Waals surface area (Å²) < 4.78 is 0. The van der Waals surface area contributed by atoms with Gasteiger partial charge in [-0.2, -0.15) is 0 Å². The third-order valence-corrected chi connectivity index (χ3v) is 5.48. The zero-order valence-electron chi connectivity index (χ0n) is 14.3. The summed E-state index contributed by atoms with van der Waals surface area (Å²) in [6, 6.07) is 0. The third kappa shape index (κ3) is 4.00. The van der Waals surface area contributed by atoms with Crippen molar-refractivity contribution in [3.8, 4) is 0 Å². The van der Waals surface area contributed by atoms with Crippen molar-refractivity contribution in [3.05, 3.63) is 0 Å². The summed E-state index contributed by atoms with van der Waals surface area (Å²) in [6.07, 6.45) is 10.7. The molecule has 0 aromatic carbocycles. The molecule has 2 aliphatic rings. The Morgan fingerprint density at radius 3 is 2.43 bits per heavy atom. The van der Waals surface area contributed by atoms with Crippen LogP contribution < -0.4 is 10.6 Å². The number of hydrogen-bond donors (Lipinski definition) is 2. The number of rotatable bonds is 7. The molecule has 2 N–H and O–H groups in total. The number of amides is 1. The number of nitrogens with one attached hydrogen (secondary N) is 2. The van der Waals surface area contributed by atoms with Gasteiger partial charge in [-0.3, -0.25) is 4.79 Å². The van der Waals surface area contributed by atoms with E-state index in [-0.39, 0.29) is 11.4 Å². The van der Waals surface area contributed by atoms with Gasteiger partial charge in [-0.1, -0.05) is 40.0 Å². The molecule has 1 amide bonds. The maximum absolute atomic E-state index is 12.8. The van der Waals surface area contributed by atoms with E-state index in [1.165, 1.54) is 32.1 Å². The monoisotopic (exact) mass is 294 g/mol. The molecule has 1 aliphatic carbocycles. The molecule has 1 aliphatic heterocycles. The highest BCUT2D eigenvalue weighted by molar-refractivity contribution is 5.86. The van der Waals surface area contributed by atoms with Crippen molar-refractivity contribution < 1.29 is 4.79 Å². The van der Waals surface area contributed by atoms with Gasteiger partial charge >= 0.3 is 0 Å². The maximum atomic E-state index is 12.8. The summed E-state index contributed by atoms with van der Waals surface area (Å²) >= 11 is 0. The van der Waals surface area contributed by atoms with E-state index in [9.17, 15) is 4.79 Å². The Labute approximate surface area is 130 Å². The van der Waals surface area contributed by atoms with Gasteiger partial charge in [-0.25, -0.2) is 0 Å². The molecule has 122 valence electrons. The smallest absolute Gasteiger partial charge is 0.240 e. The van der Waals surface area contributed by atoms with Gasteiger partial charge in [0.15, 0.2) is 0 Å². The van der Waals surface area contributed by atoms with Gasteiger partial charge in [-0.05, 0) is 56.4 Å². The molecule has 1 saturated carbocycles. The lowest BCUT2D eigenvalue weighted by Crippen LogP contribution is -2.55. The lowest BCUT2D eigenvalue weighted by atomic mass is 9.78. The van der Waals surface area contributed by atoms with Gasteiger partial charge in [0.25, 0.3) is 0 Å². The molecule has 3 nitrogen and oxygen atoms in total. The van der Waals surface area contributed by atoms with Crippen LogP contribution in [0.4, 0.5) is 0 Å². The minimum Gasteiger partial charge on any atom is -0.354 e. The first kappa shape index (κ1) is 16.8.